The van der Waals surface area contributed by atoms with Crippen LogP contribution in [-0.2, 0) is 16.1 Å². The molecule has 1 fully saturated rings. The van der Waals surface area contributed by atoms with Gasteiger partial charge in [-0.1, -0.05) is 6.92 Å². The zero-order chi connectivity index (χ0) is 15.1. The molecule has 2 atom stereocenters. The molecule has 20 heavy (non-hydrogen) atoms. The molecule has 1 aromatic heterocycles. The molecule has 2 rings (SSSR count). The van der Waals surface area contributed by atoms with Crippen molar-refractivity contribution in [3.05, 3.63) is 15.6 Å². The molecule has 2 unspecified atom stereocenters. The Morgan fingerprint density at radius 3 is 2.55 bits per heavy atom. The second-order valence-corrected chi connectivity index (χ2v) is 6.82. The molecule has 0 aliphatic carbocycles. The zero-order valence-corrected chi connectivity index (χ0v) is 13.4. The quantitative estimate of drug-likeness (QED) is 0.924. The molecule has 0 aromatic carbocycles. The van der Waals surface area contributed by atoms with Crippen LogP contribution < -0.4 is 5.32 Å². The van der Waals surface area contributed by atoms with Crippen molar-refractivity contribution in [1.29, 1.82) is 0 Å². The SMILES string of the molecule is CCC1(C)NC(=O)C(C)N(Cc2nc(C)c(C)s2)C1=O. The Kier molecular flexibility index (Phi) is 3.86. The molecule has 110 valence electrons. The number of amides is 2. The van der Waals surface area contributed by atoms with Gasteiger partial charge in [0.05, 0.1) is 12.2 Å². The number of rotatable bonds is 3. The van der Waals surface area contributed by atoms with Crippen LogP contribution in [0.2, 0.25) is 0 Å². The van der Waals surface area contributed by atoms with Crippen molar-refractivity contribution in [3.8, 4) is 0 Å². The average molecular weight is 295 g/mol. The van der Waals surface area contributed by atoms with E-state index in [1.807, 2.05) is 20.8 Å². The third-order valence-electron chi connectivity index (χ3n) is 4.06. The van der Waals surface area contributed by atoms with E-state index in [2.05, 4.69) is 10.3 Å². The minimum absolute atomic E-state index is 0.0300. The standard InChI is InChI=1S/C14H21N3O2S/c1-6-14(5)13(19)17(9(3)12(18)16-14)7-11-15-8(2)10(4)20-11/h9H,6-7H2,1-5H3,(H,16,18). The lowest BCUT2D eigenvalue weighted by molar-refractivity contribution is -0.154. The Bertz CT molecular complexity index is 535. The molecule has 2 amide bonds. The van der Waals surface area contributed by atoms with E-state index in [4.69, 9.17) is 0 Å². The Hall–Kier alpha value is -1.43. The van der Waals surface area contributed by atoms with Crippen LogP contribution in [0.4, 0.5) is 0 Å². The van der Waals surface area contributed by atoms with Gasteiger partial charge in [-0.15, -0.1) is 11.3 Å². The fraction of sp³-hybridized carbons (Fsp3) is 0.643. The highest BCUT2D eigenvalue weighted by Crippen LogP contribution is 2.25. The molecule has 1 aromatic rings. The smallest absolute Gasteiger partial charge is 0.249 e. The van der Waals surface area contributed by atoms with Crippen molar-refractivity contribution in [2.75, 3.05) is 0 Å². The van der Waals surface area contributed by atoms with E-state index in [-0.39, 0.29) is 11.8 Å². The highest BCUT2D eigenvalue weighted by Gasteiger charge is 2.45. The maximum atomic E-state index is 12.6. The first-order valence-corrected chi connectivity index (χ1v) is 7.66. The first kappa shape index (κ1) is 15.0. The van der Waals surface area contributed by atoms with E-state index in [9.17, 15) is 9.59 Å². The van der Waals surface area contributed by atoms with Gasteiger partial charge in [-0.25, -0.2) is 4.98 Å². The molecule has 1 aliphatic heterocycles. The number of thiazole rings is 1. The fourth-order valence-electron chi connectivity index (χ4n) is 2.27. The van der Waals surface area contributed by atoms with Gasteiger partial charge in [-0.2, -0.15) is 0 Å². The lowest BCUT2D eigenvalue weighted by Crippen LogP contribution is -2.68. The van der Waals surface area contributed by atoms with Crippen LogP contribution in [0.5, 0.6) is 0 Å². The summed E-state index contributed by atoms with van der Waals surface area (Å²) in [7, 11) is 0. The van der Waals surface area contributed by atoms with Gasteiger partial charge >= 0.3 is 0 Å². The number of hydrogen-bond donors (Lipinski definition) is 1. The average Bonchev–Trinajstić information content (AvgIpc) is 2.71. The molecule has 0 saturated carbocycles. The van der Waals surface area contributed by atoms with Gasteiger partial charge in [0.2, 0.25) is 11.8 Å². The molecule has 6 heteroatoms. The van der Waals surface area contributed by atoms with Crippen molar-refractivity contribution in [2.45, 2.75) is 59.2 Å². The molecule has 0 spiro atoms. The summed E-state index contributed by atoms with van der Waals surface area (Å²) in [6.45, 7) is 9.83. The molecule has 1 N–H and O–H groups in total. The normalized spacial score (nSPS) is 26.9. The predicted molar refractivity (Wildman–Crippen MR) is 78.4 cm³/mol. The summed E-state index contributed by atoms with van der Waals surface area (Å²) < 4.78 is 0. The van der Waals surface area contributed by atoms with Gasteiger partial charge in [-0.05, 0) is 34.1 Å². The summed E-state index contributed by atoms with van der Waals surface area (Å²) in [6, 6.07) is -0.452. The number of aryl methyl sites for hydroxylation is 2. The molecular weight excluding hydrogens is 274 g/mol. The molecule has 2 heterocycles. The van der Waals surface area contributed by atoms with Crippen LogP contribution in [0, 0.1) is 13.8 Å². The molecule has 0 radical (unpaired) electrons. The molecular formula is C14H21N3O2S. The Morgan fingerprint density at radius 2 is 2.05 bits per heavy atom. The molecule has 1 saturated heterocycles. The summed E-state index contributed by atoms with van der Waals surface area (Å²) in [6.07, 6.45) is 0.580. The van der Waals surface area contributed by atoms with Crippen molar-refractivity contribution in [2.24, 2.45) is 0 Å². The van der Waals surface area contributed by atoms with Crippen molar-refractivity contribution in [1.82, 2.24) is 15.2 Å². The maximum Gasteiger partial charge on any atom is 0.249 e. The van der Waals surface area contributed by atoms with E-state index < -0.39 is 11.6 Å². The Balaban J connectivity index is 2.27. The van der Waals surface area contributed by atoms with Crippen molar-refractivity contribution < 1.29 is 9.59 Å². The second-order valence-electron chi connectivity index (χ2n) is 5.53. The number of piperazine rings is 1. The highest BCUT2D eigenvalue weighted by molar-refractivity contribution is 7.11. The maximum absolute atomic E-state index is 12.6. The summed E-state index contributed by atoms with van der Waals surface area (Å²) in [5, 5.41) is 3.71. The van der Waals surface area contributed by atoms with Crippen LogP contribution >= 0.6 is 11.3 Å². The number of hydrogen-bond acceptors (Lipinski definition) is 4. The third kappa shape index (κ3) is 2.44. The molecule has 1 aliphatic rings. The first-order chi connectivity index (χ1) is 9.28. The van der Waals surface area contributed by atoms with Crippen molar-refractivity contribution in [3.63, 3.8) is 0 Å². The Labute approximate surface area is 123 Å². The van der Waals surface area contributed by atoms with Gasteiger partial charge in [0.25, 0.3) is 0 Å². The third-order valence-corrected chi connectivity index (χ3v) is 5.12. The number of carbonyl (C=O) groups excluding carboxylic acids is 2. The Morgan fingerprint density at radius 1 is 1.40 bits per heavy atom. The lowest BCUT2D eigenvalue weighted by Gasteiger charge is -2.42. The zero-order valence-electron chi connectivity index (χ0n) is 12.6. The van der Waals surface area contributed by atoms with E-state index >= 15 is 0 Å². The van der Waals surface area contributed by atoms with Crippen LogP contribution in [-0.4, -0.2) is 33.3 Å². The molecule has 0 bridgehead atoms. The van der Waals surface area contributed by atoms with Crippen LogP contribution in [0.1, 0.15) is 42.8 Å². The van der Waals surface area contributed by atoms with E-state index in [0.717, 1.165) is 15.6 Å². The number of aromatic nitrogens is 1. The predicted octanol–water partition coefficient (Wildman–Crippen LogP) is 1.78. The summed E-state index contributed by atoms with van der Waals surface area (Å²) in [5.41, 5.74) is 0.190. The number of nitrogens with one attached hydrogen (secondary N) is 1. The fourth-order valence-corrected chi connectivity index (χ4v) is 3.20. The summed E-state index contributed by atoms with van der Waals surface area (Å²) >= 11 is 1.58. The summed E-state index contributed by atoms with van der Waals surface area (Å²) in [5.74, 6) is -0.128. The summed E-state index contributed by atoms with van der Waals surface area (Å²) in [4.78, 5) is 31.9. The van der Waals surface area contributed by atoms with Gasteiger partial charge in [-0.3, -0.25) is 9.59 Å². The van der Waals surface area contributed by atoms with E-state index in [1.54, 1.807) is 30.1 Å². The van der Waals surface area contributed by atoms with Crippen LogP contribution in [0.25, 0.3) is 0 Å². The van der Waals surface area contributed by atoms with Gasteiger partial charge in [0.15, 0.2) is 0 Å². The second kappa shape index (κ2) is 5.16. The van der Waals surface area contributed by atoms with Crippen molar-refractivity contribution >= 4 is 23.2 Å². The van der Waals surface area contributed by atoms with Crippen LogP contribution in [0.15, 0.2) is 0 Å². The number of nitrogens with zero attached hydrogens (tertiary/aromatic N) is 2. The highest BCUT2D eigenvalue weighted by atomic mass is 32.1. The first-order valence-electron chi connectivity index (χ1n) is 6.84. The minimum Gasteiger partial charge on any atom is -0.340 e. The van der Waals surface area contributed by atoms with Gasteiger partial charge in [0, 0.05) is 4.88 Å². The minimum atomic E-state index is -0.801. The van der Waals surface area contributed by atoms with Gasteiger partial charge < -0.3 is 10.2 Å². The van der Waals surface area contributed by atoms with Crippen LogP contribution in [0.3, 0.4) is 0 Å². The van der Waals surface area contributed by atoms with Gasteiger partial charge in [0.1, 0.15) is 16.6 Å². The molecule has 5 nitrogen and oxygen atoms in total. The topological polar surface area (TPSA) is 62.3 Å². The van der Waals surface area contributed by atoms with E-state index in [1.165, 1.54) is 0 Å². The largest absolute Gasteiger partial charge is 0.340 e. The monoisotopic (exact) mass is 295 g/mol. The van der Waals surface area contributed by atoms with E-state index in [0.29, 0.717) is 13.0 Å². The number of carbonyl (C=O) groups is 2. The lowest BCUT2D eigenvalue weighted by atomic mass is 9.92.